The molecule has 0 bridgehead atoms. The lowest BCUT2D eigenvalue weighted by atomic mass is 10.1. The van der Waals surface area contributed by atoms with Crippen molar-refractivity contribution in [1.29, 1.82) is 0 Å². The molecule has 1 heterocycles. The Bertz CT molecular complexity index is 523. The summed E-state index contributed by atoms with van der Waals surface area (Å²) >= 11 is 0. The van der Waals surface area contributed by atoms with Gasteiger partial charge in [0, 0.05) is 5.39 Å². The van der Waals surface area contributed by atoms with Crippen LogP contribution in [-0.4, -0.2) is 11.1 Å². The second kappa shape index (κ2) is 3.42. The van der Waals surface area contributed by atoms with Crippen LogP contribution in [0.15, 0.2) is 22.6 Å². The summed E-state index contributed by atoms with van der Waals surface area (Å²) in [6, 6.07) is 5.79. The van der Waals surface area contributed by atoms with Crippen LogP contribution in [0.5, 0.6) is 0 Å². The monoisotopic (exact) mass is 204 g/mol. The first-order chi connectivity index (χ1) is 7.06. The summed E-state index contributed by atoms with van der Waals surface area (Å²) in [7, 11) is 0. The predicted octanol–water partition coefficient (Wildman–Crippen LogP) is 2.68. The fourth-order valence-corrected chi connectivity index (χ4v) is 1.78. The normalized spacial score (nSPS) is 10.8. The number of hydrogen-bond acceptors (Lipinski definition) is 2. The van der Waals surface area contributed by atoms with Gasteiger partial charge in [0.25, 0.3) is 0 Å². The van der Waals surface area contributed by atoms with E-state index in [2.05, 4.69) is 6.07 Å². The molecule has 2 rings (SSSR count). The largest absolute Gasteiger partial charge is 0.481 e. The molecule has 0 saturated carbocycles. The minimum absolute atomic E-state index is 0.0623. The van der Waals surface area contributed by atoms with E-state index in [0.29, 0.717) is 5.76 Å². The zero-order valence-corrected chi connectivity index (χ0v) is 8.70. The highest BCUT2D eigenvalue weighted by atomic mass is 16.4. The minimum Gasteiger partial charge on any atom is -0.481 e. The van der Waals surface area contributed by atoms with Crippen LogP contribution in [0.25, 0.3) is 11.0 Å². The Morgan fingerprint density at radius 3 is 2.73 bits per heavy atom. The third-order valence-electron chi connectivity index (χ3n) is 2.37. The lowest BCUT2D eigenvalue weighted by molar-refractivity contribution is -0.136. The molecule has 0 aliphatic carbocycles. The van der Waals surface area contributed by atoms with Gasteiger partial charge in [-0.1, -0.05) is 6.07 Å². The van der Waals surface area contributed by atoms with Gasteiger partial charge in [0.2, 0.25) is 0 Å². The molecule has 15 heavy (non-hydrogen) atoms. The van der Waals surface area contributed by atoms with Crippen molar-refractivity contribution in [3.8, 4) is 0 Å². The summed E-state index contributed by atoms with van der Waals surface area (Å²) in [6.07, 6.45) is -0.0623. The van der Waals surface area contributed by atoms with Crippen LogP contribution in [0.3, 0.4) is 0 Å². The second-order valence-electron chi connectivity index (χ2n) is 3.78. The summed E-state index contributed by atoms with van der Waals surface area (Å²) in [5, 5.41) is 9.65. The molecule has 0 saturated heterocycles. The van der Waals surface area contributed by atoms with Gasteiger partial charge in [-0.15, -0.1) is 0 Å². The number of aryl methyl sites for hydroxylation is 2. The fourth-order valence-electron chi connectivity index (χ4n) is 1.78. The zero-order valence-electron chi connectivity index (χ0n) is 8.70. The minimum atomic E-state index is -0.872. The lowest BCUT2D eigenvalue weighted by Crippen LogP contribution is -1.97. The van der Waals surface area contributed by atoms with Gasteiger partial charge in [0.15, 0.2) is 0 Å². The smallest absolute Gasteiger partial charge is 0.311 e. The second-order valence-corrected chi connectivity index (χ2v) is 3.78. The Hall–Kier alpha value is -1.77. The zero-order chi connectivity index (χ0) is 11.0. The summed E-state index contributed by atoms with van der Waals surface area (Å²) < 4.78 is 5.46. The van der Waals surface area contributed by atoms with E-state index in [1.54, 1.807) is 6.07 Å². The van der Waals surface area contributed by atoms with Crippen molar-refractivity contribution in [3.05, 3.63) is 35.1 Å². The molecule has 0 radical (unpaired) electrons. The average molecular weight is 204 g/mol. The Balaban J connectivity index is 2.55. The summed E-state index contributed by atoms with van der Waals surface area (Å²) in [5.41, 5.74) is 3.00. The third-order valence-corrected chi connectivity index (χ3v) is 2.37. The number of rotatable bonds is 2. The van der Waals surface area contributed by atoms with E-state index in [0.717, 1.165) is 22.1 Å². The molecule has 3 nitrogen and oxygen atoms in total. The fraction of sp³-hybridized carbons (Fsp3) is 0.250. The SMILES string of the molecule is Cc1cc(C)c2cc(CC(=O)O)oc2c1. The number of carboxylic acids is 1. The van der Waals surface area contributed by atoms with Crippen LogP contribution in [0.2, 0.25) is 0 Å². The maximum atomic E-state index is 10.5. The van der Waals surface area contributed by atoms with Gasteiger partial charge < -0.3 is 9.52 Å². The first-order valence-corrected chi connectivity index (χ1v) is 4.78. The molecule has 0 aliphatic heterocycles. The van der Waals surface area contributed by atoms with E-state index >= 15 is 0 Å². The highest BCUT2D eigenvalue weighted by Crippen LogP contribution is 2.24. The van der Waals surface area contributed by atoms with Crippen molar-refractivity contribution in [3.63, 3.8) is 0 Å². The van der Waals surface area contributed by atoms with Gasteiger partial charge in [-0.2, -0.15) is 0 Å². The molecule has 2 aromatic rings. The number of aliphatic carboxylic acids is 1. The van der Waals surface area contributed by atoms with Crippen LogP contribution in [0, 0.1) is 13.8 Å². The van der Waals surface area contributed by atoms with Gasteiger partial charge in [-0.05, 0) is 37.1 Å². The van der Waals surface area contributed by atoms with E-state index in [9.17, 15) is 4.79 Å². The number of fused-ring (bicyclic) bond motifs is 1. The molecule has 1 aromatic heterocycles. The molecular formula is C12H12O3. The van der Waals surface area contributed by atoms with Gasteiger partial charge in [0.05, 0.1) is 0 Å². The van der Waals surface area contributed by atoms with Crippen LogP contribution < -0.4 is 0 Å². The molecule has 3 heteroatoms. The van der Waals surface area contributed by atoms with Crippen LogP contribution in [-0.2, 0) is 11.2 Å². The van der Waals surface area contributed by atoms with Crippen molar-refractivity contribution < 1.29 is 14.3 Å². The number of benzene rings is 1. The number of carbonyl (C=O) groups is 1. The number of furan rings is 1. The standard InChI is InChI=1S/C12H12O3/c1-7-3-8(2)10-5-9(6-12(13)14)15-11(10)4-7/h3-5H,6H2,1-2H3,(H,13,14). The van der Waals surface area contributed by atoms with Crippen LogP contribution >= 0.6 is 0 Å². The molecule has 78 valence electrons. The van der Waals surface area contributed by atoms with E-state index in [1.807, 2.05) is 19.9 Å². The molecule has 1 N–H and O–H groups in total. The highest BCUT2D eigenvalue weighted by molar-refractivity contribution is 5.83. The average Bonchev–Trinajstić information content (AvgIpc) is 2.45. The Morgan fingerprint density at radius 1 is 1.33 bits per heavy atom. The topological polar surface area (TPSA) is 50.4 Å². The third kappa shape index (κ3) is 1.86. The molecule has 0 amide bonds. The van der Waals surface area contributed by atoms with Crippen molar-refractivity contribution in [2.45, 2.75) is 20.3 Å². The van der Waals surface area contributed by atoms with Crippen molar-refractivity contribution in [2.24, 2.45) is 0 Å². The quantitative estimate of drug-likeness (QED) is 0.818. The van der Waals surface area contributed by atoms with Crippen molar-refractivity contribution in [2.75, 3.05) is 0 Å². The predicted molar refractivity (Wildman–Crippen MR) is 57.0 cm³/mol. The Labute approximate surface area is 87.3 Å². The lowest BCUT2D eigenvalue weighted by Gasteiger charge is -1.96. The Kier molecular flexibility index (Phi) is 2.23. The summed E-state index contributed by atoms with van der Waals surface area (Å²) in [5.74, 6) is -0.366. The molecule has 0 fully saturated rings. The van der Waals surface area contributed by atoms with Gasteiger partial charge in [-0.25, -0.2) is 0 Å². The molecule has 0 aliphatic rings. The van der Waals surface area contributed by atoms with Gasteiger partial charge >= 0.3 is 5.97 Å². The van der Waals surface area contributed by atoms with E-state index in [1.165, 1.54) is 0 Å². The van der Waals surface area contributed by atoms with Gasteiger partial charge in [0.1, 0.15) is 17.8 Å². The molecule has 1 aromatic carbocycles. The summed E-state index contributed by atoms with van der Waals surface area (Å²) in [4.78, 5) is 10.5. The first kappa shape index (κ1) is 9.77. The van der Waals surface area contributed by atoms with E-state index < -0.39 is 5.97 Å². The Morgan fingerprint density at radius 2 is 2.07 bits per heavy atom. The molecular weight excluding hydrogens is 192 g/mol. The summed E-state index contributed by atoms with van der Waals surface area (Å²) in [6.45, 7) is 3.99. The van der Waals surface area contributed by atoms with E-state index in [-0.39, 0.29) is 6.42 Å². The molecule has 0 spiro atoms. The molecule has 0 unspecified atom stereocenters. The number of hydrogen-bond donors (Lipinski definition) is 1. The van der Waals surface area contributed by atoms with Crippen molar-refractivity contribution in [1.82, 2.24) is 0 Å². The van der Waals surface area contributed by atoms with Gasteiger partial charge in [-0.3, -0.25) is 4.79 Å². The van der Waals surface area contributed by atoms with Crippen molar-refractivity contribution >= 4 is 16.9 Å². The van der Waals surface area contributed by atoms with Crippen LogP contribution in [0.1, 0.15) is 16.9 Å². The first-order valence-electron chi connectivity index (χ1n) is 4.78. The highest BCUT2D eigenvalue weighted by Gasteiger charge is 2.09. The van der Waals surface area contributed by atoms with E-state index in [4.69, 9.17) is 9.52 Å². The maximum Gasteiger partial charge on any atom is 0.311 e. The maximum absolute atomic E-state index is 10.5. The van der Waals surface area contributed by atoms with Crippen LogP contribution in [0.4, 0.5) is 0 Å². The molecule has 0 atom stereocenters. The number of carboxylic acid groups (broad SMARTS) is 1.